The Hall–Kier alpha value is -2.37. The van der Waals surface area contributed by atoms with Crippen molar-refractivity contribution in [1.82, 2.24) is 5.32 Å². The Labute approximate surface area is 150 Å². The number of rotatable bonds is 5. The fourth-order valence-corrected chi connectivity index (χ4v) is 3.20. The van der Waals surface area contributed by atoms with Crippen LogP contribution in [0.1, 0.15) is 23.2 Å². The molecule has 1 fully saturated rings. The maximum Gasteiger partial charge on any atom is 0.305 e. The normalized spacial score (nSPS) is 19.6. The molecule has 0 bridgehead atoms. The van der Waals surface area contributed by atoms with Gasteiger partial charge in [0.25, 0.3) is 5.91 Å². The zero-order valence-electron chi connectivity index (χ0n) is 13.5. The molecule has 0 aliphatic carbocycles. The van der Waals surface area contributed by atoms with Crippen molar-refractivity contribution in [3.63, 3.8) is 0 Å². The van der Waals surface area contributed by atoms with E-state index in [-0.39, 0.29) is 13.0 Å². The number of carboxylic acids is 1. The minimum atomic E-state index is -0.977. The predicted molar refractivity (Wildman–Crippen MR) is 94.8 cm³/mol. The van der Waals surface area contributed by atoms with Crippen molar-refractivity contribution in [2.75, 3.05) is 13.2 Å². The monoisotopic (exact) mass is 359 g/mol. The third-order valence-corrected chi connectivity index (χ3v) is 4.62. The van der Waals surface area contributed by atoms with Crippen molar-refractivity contribution in [3.05, 3.63) is 59.1 Å². The number of aliphatic carboxylic acids is 1. The summed E-state index contributed by atoms with van der Waals surface area (Å²) in [7, 11) is 0. The number of amides is 1. The van der Waals surface area contributed by atoms with Crippen LogP contribution in [0.4, 0.5) is 0 Å². The van der Waals surface area contributed by atoms with E-state index >= 15 is 0 Å². The zero-order chi connectivity index (χ0) is 17.9. The maximum atomic E-state index is 12.7. The summed E-state index contributed by atoms with van der Waals surface area (Å²) >= 11 is 6.21. The Morgan fingerprint density at radius 1 is 1.16 bits per heavy atom. The molecule has 1 heterocycles. The average Bonchev–Trinajstić information content (AvgIpc) is 3.03. The number of nitrogens with one attached hydrogen (secondary N) is 1. The number of carbonyl (C=O) groups is 2. The Morgan fingerprint density at radius 3 is 2.56 bits per heavy atom. The van der Waals surface area contributed by atoms with Gasteiger partial charge in [-0.25, -0.2) is 0 Å². The van der Waals surface area contributed by atoms with Gasteiger partial charge >= 0.3 is 5.97 Å². The molecule has 2 aromatic carbocycles. The van der Waals surface area contributed by atoms with Crippen LogP contribution < -0.4 is 5.32 Å². The lowest BCUT2D eigenvalue weighted by Crippen LogP contribution is -2.50. The van der Waals surface area contributed by atoms with Gasteiger partial charge in [0, 0.05) is 6.61 Å². The lowest BCUT2D eigenvalue weighted by atomic mass is 9.93. The first-order valence-corrected chi connectivity index (χ1v) is 8.34. The standard InChI is InChI=1S/C19H18ClNO4/c20-16-7-6-14(13-4-2-1-3-5-13)10-15(16)18(24)21-19(11-17(22)23)8-9-25-12-19/h1-7,10H,8-9,11-12H2,(H,21,24)(H,22,23). The van der Waals surface area contributed by atoms with Crippen LogP contribution in [0.3, 0.4) is 0 Å². The van der Waals surface area contributed by atoms with E-state index in [4.69, 9.17) is 21.4 Å². The van der Waals surface area contributed by atoms with Gasteiger partial charge in [-0.2, -0.15) is 0 Å². The van der Waals surface area contributed by atoms with Gasteiger partial charge in [0.1, 0.15) is 0 Å². The molecule has 1 saturated heterocycles. The molecule has 25 heavy (non-hydrogen) atoms. The first-order valence-electron chi connectivity index (χ1n) is 7.96. The fourth-order valence-electron chi connectivity index (χ4n) is 3.00. The molecule has 2 N–H and O–H groups in total. The molecular formula is C19H18ClNO4. The van der Waals surface area contributed by atoms with Gasteiger partial charge in [0.05, 0.1) is 29.2 Å². The number of hydrogen-bond acceptors (Lipinski definition) is 3. The van der Waals surface area contributed by atoms with Gasteiger partial charge in [-0.3, -0.25) is 9.59 Å². The predicted octanol–water partition coefficient (Wildman–Crippen LogP) is 3.37. The smallest absolute Gasteiger partial charge is 0.305 e. The number of benzene rings is 2. The highest BCUT2D eigenvalue weighted by molar-refractivity contribution is 6.34. The molecule has 1 aliphatic heterocycles. The van der Waals surface area contributed by atoms with Crippen LogP contribution in [0.2, 0.25) is 5.02 Å². The van der Waals surface area contributed by atoms with Gasteiger partial charge in [-0.1, -0.05) is 48.0 Å². The molecule has 5 nitrogen and oxygen atoms in total. The van der Waals surface area contributed by atoms with Crippen molar-refractivity contribution in [2.24, 2.45) is 0 Å². The van der Waals surface area contributed by atoms with E-state index in [1.165, 1.54) is 0 Å². The minimum Gasteiger partial charge on any atom is -0.481 e. The quantitative estimate of drug-likeness (QED) is 0.858. The molecular weight excluding hydrogens is 342 g/mol. The van der Waals surface area contributed by atoms with Crippen molar-refractivity contribution in [1.29, 1.82) is 0 Å². The van der Waals surface area contributed by atoms with Crippen LogP contribution in [0.25, 0.3) is 11.1 Å². The van der Waals surface area contributed by atoms with Crippen LogP contribution in [0.5, 0.6) is 0 Å². The highest BCUT2D eigenvalue weighted by Gasteiger charge is 2.39. The van der Waals surface area contributed by atoms with E-state index in [0.29, 0.717) is 23.6 Å². The minimum absolute atomic E-state index is 0.182. The molecule has 3 rings (SSSR count). The van der Waals surface area contributed by atoms with Crippen LogP contribution in [0.15, 0.2) is 48.5 Å². The Morgan fingerprint density at radius 2 is 1.92 bits per heavy atom. The Kier molecular flexibility index (Phi) is 5.06. The Balaban J connectivity index is 1.87. The number of carbonyl (C=O) groups excluding carboxylic acids is 1. The molecule has 0 radical (unpaired) electrons. The summed E-state index contributed by atoms with van der Waals surface area (Å²) in [4.78, 5) is 23.9. The van der Waals surface area contributed by atoms with Gasteiger partial charge < -0.3 is 15.2 Å². The molecule has 1 unspecified atom stereocenters. The molecule has 6 heteroatoms. The summed E-state index contributed by atoms with van der Waals surface area (Å²) in [5, 5.41) is 12.3. The molecule has 1 aliphatic rings. The Bertz CT molecular complexity index is 785. The van der Waals surface area contributed by atoms with E-state index in [0.717, 1.165) is 11.1 Å². The van der Waals surface area contributed by atoms with Gasteiger partial charge in [-0.15, -0.1) is 0 Å². The second-order valence-electron chi connectivity index (χ2n) is 6.17. The number of carboxylic acid groups (broad SMARTS) is 1. The van der Waals surface area contributed by atoms with Crippen LogP contribution in [0, 0.1) is 0 Å². The number of hydrogen-bond donors (Lipinski definition) is 2. The highest BCUT2D eigenvalue weighted by atomic mass is 35.5. The van der Waals surface area contributed by atoms with Crippen LogP contribution >= 0.6 is 11.6 Å². The van der Waals surface area contributed by atoms with Crippen molar-refractivity contribution in [3.8, 4) is 11.1 Å². The van der Waals surface area contributed by atoms with Crippen molar-refractivity contribution >= 4 is 23.5 Å². The second-order valence-corrected chi connectivity index (χ2v) is 6.58. The molecule has 130 valence electrons. The summed E-state index contributed by atoms with van der Waals surface area (Å²) in [6.45, 7) is 0.604. The van der Waals surface area contributed by atoms with E-state index in [2.05, 4.69) is 5.32 Å². The molecule has 1 atom stereocenters. The fraction of sp³-hybridized carbons (Fsp3) is 0.263. The molecule has 0 saturated carbocycles. The third kappa shape index (κ3) is 4.00. The van der Waals surface area contributed by atoms with E-state index in [1.54, 1.807) is 12.1 Å². The summed E-state index contributed by atoms with van der Waals surface area (Å²) in [6.07, 6.45) is 0.274. The first-order chi connectivity index (χ1) is 12.0. The summed E-state index contributed by atoms with van der Waals surface area (Å²) in [6, 6.07) is 14.9. The van der Waals surface area contributed by atoms with Crippen LogP contribution in [-0.2, 0) is 9.53 Å². The van der Waals surface area contributed by atoms with E-state index < -0.39 is 17.4 Å². The number of halogens is 1. The lowest BCUT2D eigenvalue weighted by molar-refractivity contribution is -0.138. The highest BCUT2D eigenvalue weighted by Crippen LogP contribution is 2.28. The zero-order valence-corrected chi connectivity index (χ0v) is 14.3. The summed E-state index contributed by atoms with van der Waals surface area (Å²) in [5.74, 6) is -1.37. The molecule has 0 spiro atoms. The summed E-state index contributed by atoms with van der Waals surface area (Å²) < 4.78 is 5.31. The maximum absolute atomic E-state index is 12.7. The van der Waals surface area contributed by atoms with Gasteiger partial charge in [-0.05, 0) is 29.7 Å². The van der Waals surface area contributed by atoms with Crippen LogP contribution in [-0.4, -0.2) is 35.7 Å². The third-order valence-electron chi connectivity index (χ3n) is 4.29. The number of ether oxygens (including phenoxy) is 1. The molecule has 1 amide bonds. The van der Waals surface area contributed by atoms with E-state index in [1.807, 2.05) is 36.4 Å². The van der Waals surface area contributed by atoms with Crippen molar-refractivity contribution in [2.45, 2.75) is 18.4 Å². The second kappa shape index (κ2) is 7.25. The van der Waals surface area contributed by atoms with Crippen molar-refractivity contribution < 1.29 is 19.4 Å². The lowest BCUT2D eigenvalue weighted by Gasteiger charge is -2.27. The SMILES string of the molecule is O=C(O)CC1(NC(=O)c2cc(-c3ccccc3)ccc2Cl)CCOC1. The molecule has 0 aromatic heterocycles. The topological polar surface area (TPSA) is 75.6 Å². The average molecular weight is 360 g/mol. The van der Waals surface area contributed by atoms with Gasteiger partial charge in [0.2, 0.25) is 0 Å². The molecule has 2 aromatic rings. The van der Waals surface area contributed by atoms with E-state index in [9.17, 15) is 9.59 Å². The van der Waals surface area contributed by atoms with Gasteiger partial charge in [0.15, 0.2) is 0 Å². The largest absolute Gasteiger partial charge is 0.481 e. The summed E-state index contributed by atoms with van der Waals surface area (Å²) in [5.41, 5.74) is 1.26. The first kappa shape index (κ1) is 17.5.